The lowest BCUT2D eigenvalue weighted by Gasteiger charge is -2.44. The molecule has 196 valence electrons. The molecule has 0 aliphatic carbocycles. The van der Waals surface area contributed by atoms with Crippen molar-refractivity contribution in [3.63, 3.8) is 0 Å². The Balaban J connectivity index is 1.82. The van der Waals surface area contributed by atoms with E-state index in [9.17, 15) is 27.2 Å². The first-order chi connectivity index (χ1) is 17.3. The number of benzene rings is 2. The number of nitrogens with zero attached hydrogens (tertiary/aromatic N) is 2. The largest absolute Gasteiger partial charge is 0.417 e. The Morgan fingerprint density at radius 3 is 2.35 bits per heavy atom. The average molecular weight is 521 g/mol. The fourth-order valence-corrected chi connectivity index (χ4v) is 4.49. The summed E-state index contributed by atoms with van der Waals surface area (Å²) >= 11 is 0. The van der Waals surface area contributed by atoms with Crippen molar-refractivity contribution in [1.29, 1.82) is 0 Å². The third-order valence-corrected chi connectivity index (χ3v) is 6.64. The predicted molar refractivity (Wildman–Crippen MR) is 131 cm³/mol. The van der Waals surface area contributed by atoms with Crippen molar-refractivity contribution < 1.29 is 26.7 Å². The summed E-state index contributed by atoms with van der Waals surface area (Å²) in [7, 11) is 1.96. The van der Waals surface area contributed by atoms with E-state index in [4.69, 9.17) is 0 Å². The van der Waals surface area contributed by atoms with Crippen LogP contribution in [-0.2, 0) is 6.18 Å². The minimum Gasteiger partial charge on any atom is -0.367 e. The van der Waals surface area contributed by atoms with Crippen molar-refractivity contribution in [2.24, 2.45) is 0 Å². The fraction of sp³-hybridized carbons (Fsp3) is 0.308. The molecule has 1 aliphatic heterocycles. The molecule has 2 aromatic carbocycles. The zero-order valence-electron chi connectivity index (χ0n) is 20.3. The topological polar surface area (TPSA) is 68.4 Å². The molecule has 4 rings (SSSR count). The summed E-state index contributed by atoms with van der Waals surface area (Å²) in [5, 5.41) is 2.47. The van der Waals surface area contributed by atoms with Gasteiger partial charge in [-0.2, -0.15) is 13.2 Å². The fourth-order valence-electron chi connectivity index (χ4n) is 4.49. The van der Waals surface area contributed by atoms with Crippen LogP contribution in [0.15, 0.2) is 53.5 Å². The number of rotatable bonds is 4. The van der Waals surface area contributed by atoms with Crippen molar-refractivity contribution in [3.8, 4) is 11.1 Å². The van der Waals surface area contributed by atoms with Gasteiger partial charge >= 0.3 is 6.18 Å². The number of likely N-dealkylation sites (N-methyl/N-ethyl adjacent to an activating group) is 1. The van der Waals surface area contributed by atoms with Crippen LogP contribution >= 0.6 is 0 Å². The molecule has 37 heavy (non-hydrogen) atoms. The van der Waals surface area contributed by atoms with E-state index in [2.05, 4.69) is 15.2 Å². The van der Waals surface area contributed by atoms with Gasteiger partial charge in [-0.25, -0.2) is 8.78 Å². The number of alkyl halides is 3. The number of hydrogen-bond acceptors (Lipinski definition) is 4. The van der Waals surface area contributed by atoms with Gasteiger partial charge in [0.2, 0.25) is 5.56 Å². The first-order valence-electron chi connectivity index (χ1n) is 11.5. The Morgan fingerprint density at radius 1 is 1.05 bits per heavy atom. The Morgan fingerprint density at radius 2 is 1.73 bits per heavy atom. The molecule has 0 radical (unpaired) electrons. The summed E-state index contributed by atoms with van der Waals surface area (Å²) < 4.78 is 69.9. The monoisotopic (exact) mass is 520 g/mol. The summed E-state index contributed by atoms with van der Waals surface area (Å²) in [6.45, 7) is 4.90. The molecule has 1 saturated heterocycles. The number of amides is 1. The van der Waals surface area contributed by atoms with E-state index in [0.717, 1.165) is 6.07 Å². The standard InChI is InChI=1S/C26H25F5N4O2/c1-14-12-35(13-15(2)34(14)3)23-10-21(28)18(16-5-4-6-17(27)7-16)8-22(23)33-25(37)19-11-32-24(36)9-20(19)26(29,30)31/h4-11,14-15H,12-13H2,1-3H3,(H,32,36)(H,33,37)/t14-,15+. The molecule has 0 spiro atoms. The smallest absolute Gasteiger partial charge is 0.367 e. The maximum atomic E-state index is 15.3. The predicted octanol–water partition coefficient (Wildman–Crippen LogP) is 5.12. The second-order valence-electron chi connectivity index (χ2n) is 9.20. The van der Waals surface area contributed by atoms with E-state index in [0.29, 0.717) is 25.4 Å². The van der Waals surface area contributed by atoms with Crippen molar-refractivity contribution in [1.82, 2.24) is 9.88 Å². The number of carbonyl (C=O) groups is 1. The maximum absolute atomic E-state index is 15.3. The molecule has 2 atom stereocenters. The van der Waals surface area contributed by atoms with Crippen LogP contribution < -0.4 is 15.8 Å². The number of halogens is 5. The molecule has 1 fully saturated rings. The van der Waals surface area contributed by atoms with E-state index >= 15 is 4.39 Å². The van der Waals surface area contributed by atoms with E-state index in [-0.39, 0.29) is 34.6 Å². The number of aromatic amines is 1. The second-order valence-corrected chi connectivity index (χ2v) is 9.20. The molecule has 1 aromatic heterocycles. The third-order valence-electron chi connectivity index (χ3n) is 6.64. The van der Waals surface area contributed by atoms with Crippen LogP contribution in [0.4, 0.5) is 33.3 Å². The van der Waals surface area contributed by atoms with Crippen LogP contribution in [-0.4, -0.2) is 48.0 Å². The van der Waals surface area contributed by atoms with Crippen LogP contribution in [0, 0.1) is 11.6 Å². The zero-order chi connectivity index (χ0) is 27.1. The number of anilines is 2. The molecular weight excluding hydrogens is 495 g/mol. The highest BCUT2D eigenvalue weighted by atomic mass is 19.4. The summed E-state index contributed by atoms with van der Waals surface area (Å²) in [5.74, 6) is -2.42. The molecule has 1 aliphatic rings. The van der Waals surface area contributed by atoms with Crippen molar-refractivity contribution >= 4 is 17.3 Å². The molecule has 0 bridgehead atoms. The highest BCUT2D eigenvalue weighted by Crippen LogP contribution is 2.37. The van der Waals surface area contributed by atoms with Crippen LogP contribution in [0.2, 0.25) is 0 Å². The van der Waals surface area contributed by atoms with E-state index in [1.54, 1.807) is 0 Å². The number of carbonyl (C=O) groups excluding carboxylic acids is 1. The average Bonchev–Trinajstić information content (AvgIpc) is 2.82. The molecule has 11 heteroatoms. The Hall–Kier alpha value is -3.73. The van der Waals surface area contributed by atoms with Crippen molar-refractivity contribution in [3.05, 3.63) is 81.8 Å². The van der Waals surface area contributed by atoms with Gasteiger partial charge in [-0.05, 0) is 50.7 Å². The summed E-state index contributed by atoms with van der Waals surface area (Å²) in [5.41, 5.74) is -2.73. The Labute approximate surface area is 209 Å². The molecule has 6 nitrogen and oxygen atoms in total. The maximum Gasteiger partial charge on any atom is 0.417 e. The lowest BCUT2D eigenvalue weighted by molar-refractivity contribution is -0.138. The number of hydrogen-bond donors (Lipinski definition) is 2. The molecule has 2 N–H and O–H groups in total. The molecular formula is C26H25F5N4O2. The highest BCUT2D eigenvalue weighted by Gasteiger charge is 2.36. The van der Waals surface area contributed by atoms with Gasteiger partial charge in [0.1, 0.15) is 11.6 Å². The SMILES string of the molecule is C[C@@H]1CN(c2cc(F)c(-c3cccc(F)c3)cc2NC(=O)c2c[nH]c(=O)cc2C(F)(F)F)C[C@H](C)N1C. The van der Waals surface area contributed by atoms with Crippen LogP contribution in [0.1, 0.15) is 29.8 Å². The number of H-pyrrole nitrogens is 1. The van der Waals surface area contributed by atoms with Crippen LogP contribution in [0.5, 0.6) is 0 Å². The van der Waals surface area contributed by atoms with Gasteiger partial charge in [0, 0.05) is 43.0 Å². The number of piperazine rings is 1. The Bertz CT molecular complexity index is 1380. The molecule has 1 amide bonds. The molecule has 3 aromatic rings. The summed E-state index contributed by atoms with van der Waals surface area (Å²) in [6.07, 6.45) is -4.27. The summed E-state index contributed by atoms with van der Waals surface area (Å²) in [4.78, 5) is 30.7. The van der Waals surface area contributed by atoms with Gasteiger partial charge in [-0.1, -0.05) is 12.1 Å². The first kappa shape index (κ1) is 26.3. The van der Waals surface area contributed by atoms with Gasteiger partial charge in [0.15, 0.2) is 0 Å². The van der Waals surface area contributed by atoms with E-state index in [1.807, 2.05) is 25.8 Å². The normalized spacial score (nSPS) is 18.6. The van der Waals surface area contributed by atoms with Gasteiger partial charge in [0.25, 0.3) is 5.91 Å². The summed E-state index contributed by atoms with van der Waals surface area (Å²) in [6, 6.07) is 8.11. The van der Waals surface area contributed by atoms with Crippen LogP contribution in [0.25, 0.3) is 11.1 Å². The van der Waals surface area contributed by atoms with Gasteiger partial charge < -0.3 is 15.2 Å². The van der Waals surface area contributed by atoms with Crippen molar-refractivity contribution in [2.45, 2.75) is 32.1 Å². The first-order valence-corrected chi connectivity index (χ1v) is 11.5. The van der Waals surface area contributed by atoms with E-state index < -0.39 is 40.4 Å². The van der Waals surface area contributed by atoms with Gasteiger partial charge in [-0.3, -0.25) is 14.5 Å². The minimum absolute atomic E-state index is 0.0358. The van der Waals surface area contributed by atoms with E-state index in [1.165, 1.54) is 30.3 Å². The zero-order valence-corrected chi connectivity index (χ0v) is 20.3. The minimum atomic E-state index is -4.96. The molecule has 0 unspecified atom stereocenters. The lowest BCUT2D eigenvalue weighted by Crippen LogP contribution is -2.55. The van der Waals surface area contributed by atoms with Crippen LogP contribution in [0.3, 0.4) is 0 Å². The van der Waals surface area contributed by atoms with Gasteiger partial charge in [0.05, 0.1) is 22.5 Å². The lowest BCUT2D eigenvalue weighted by atomic mass is 10.0. The molecule has 0 saturated carbocycles. The molecule has 2 heterocycles. The second kappa shape index (κ2) is 9.97. The van der Waals surface area contributed by atoms with Crippen molar-refractivity contribution in [2.75, 3.05) is 30.4 Å². The van der Waals surface area contributed by atoms with Gasteiger partial charge in [-0.15, -0.1) is 0 Å². The number of pyridine rings is 1. The number of nitrogens with one attached hydrogen (secondary N) is 2. The number of aromatic nitrogens is 1. The highest BCUT2D eigenvalue weighted by molar-refractivity contribution is 6.07. The third kappa shape index (κ3) is 5.51. The quantitative estimate of drug-likeness (QED) is 0.469. The Kier molecular flexibility index (Phi) is 7.09.